The van der Waals surface area contributed by atoms with Crippen LogP contribution in [0.3, 0.4) is 0 Å². The molecule has 0 saturated heterocycles. The van der Waals surface area contributed by atoms with Gasteiger partial charge in [0.2, 0.25) is 0 Å². The van der Waals surface area contributed by atoms with Gasteiger partial charge in [-0.15, -0.1) is 0 Å². The first-order chi connectivity index (χ1) is 44.6. The maximum absolute atomic E-state index is 12.1. The van der Waals surface area contributed by atoms with E-state index in [0.717, 1.165) is 81.3 Å². The molecule has 2 atom stereocenters. The van der Waals surface area contributed by atoms with Crippen LogP contribution in [0, 0.1) is 34.1 Å². The number of rotatable bonds is 18. The molecule has 13 rings (SSSR count). The zero-order valence-corrected chi connectivity index (χ0v) is 53.7. The smallest absolute Gasteiger partial charge is 0.269 e. The highest BCUT2D eigenvalue weighted by molar-refractivity contribution is 5.96. The summed E-state index contributed by atoms with van der Waals surface area (Å²) in [6.45, 7) is 14.4. The van der Waals surface area contributed by atoms with Gasteiger partial charge in [-0.1, -0.05) is 234 Å². The average Bonchev–Trinajstić information content (AvgIpc) is 1.59. The van der Waals surface area contributed by atoms with E-state index in [1.807, 2.05) is 24.3 Å². The fourth-order valence-corrected chi connectivity index (χ4v) is 17.1. The molecular formula is C84H82N4O4. The summed E-state index contributed by atoms with van der Waals surface area (Å²) in [5.41, 5.74) is 17.3. The second kappa shape index (κ2) is 25.2. The van der Waals surface area contributed by atoms with Gasteiger partial charge in [0.25, 0.3) is 11.4 Å². The first kappa shape index (κ1) is 61.2. The molecule has 2 heterocycles. The summed E-state index contributed by atoms with van der Waals surface area (Å²) in [6, 6.07) is 67.3. The van der Waals surface area contributed by atoms with E-state index >= 15 is 0 Å². The molecule has 2 aliphatic heterocycles. The van der Waals surface area contributed by atoms with Crippen LogP contribution < -0.4 is 9.80 Å². The second-order valence-electron chi connectivity index (χ2n) is 26.8. The zero-order valence-electron chi connectivity index (χ0n) is 53.7. The third-order valence-corrected chi connectivity index (χ3v) is 21.6. The predicted octanol–water partition coefficient (Wildman–Crippen LogP) is 20.6. The number of nitrogens with zero attached hydrogens (tertiary/aromatic N) is 4. The van der Waals surface area contributed by atoms with Crippen molar-refractivity contribution < 1.29 is 9.85 Å². The molecule has 0 radical (unpaired) electrons. The van der Waals surface area contributed by atoms with E-state index in [1.165, 1.54) is 94.0 Å². The van der Waals surface area contributed by atoms with E-state index in [2.05, 4.69) is 220 Å². The SMILES string of the molecule is C=C(/C=C/C=C1/N(C)c2ccc3ccccc3c2C12CCCCC2)C(Cc1ccc(CC(Cc2ccc([N+](=O)[O-])cc2)(C(=C)/C=C/C=C2/N(C)c3ccc4ccccc4c3C23CCCCC3)c2ccccc2C)cc1)(Cc1ccc([N+](=O)[O-])cc1)c1ccccc1C. The number of hydrogen-bond acceptors (Lipinski definition) is 6. The summed E-state index contributed by atoms with van der Waals surface area (Å²) in [6.07, 6.45) is 27.5. The van der Waals surface area contributed by atoms with Gasteiger partial charge in [0.15, 0.2) is 0 Å². The largest absolute Gasteiger partial charge is 0.347 e. The van der Waals surface area contributed by atoms with Gasteiger partial charge in [0, 0.05) is 82.8 Å². The Bertz CT molecular complexity index is 4180. The minimum absolute atomic E-state index is 0.0573. The number of anilines is 2. The van der Waals surface area contributed by atoms with Crippen LogP contribution in [-0.4, -0.2) is 23.9 Å². The minimum Gasteiger partial charge on any atom is -0.347 e. The Hall–Kier alpha value is -9.66. The van der Waals surface area contributed by atoms with Gasteiger partial charge in [-0.3, -0.25) is 20.2 Å². The van der Waals surface area contributed by atoms with Crippen LogP contribution in [0.5, 0.6) is 0 Å². The van der Waals surface area contributed by atoms with Crippen molar-refractivity contribution in [2.75, 3.05) is 23.9 Å². The van der Waals surface area contributed by atoms with Crippen LogP contribution in [0.2, 0.25) is 0 Å². The summed E-state index contributed by atoms with van der Waals surface area (Å²) in [4.78, 5) is 28.3. The molecule has 2 unspecified atom stereocenters. The lowest BCUT2D eigenvalue weighted by Crippen LogP contribution is -2.35. The quantitative estimate of drug-likeness (QED) is 0.0483. The Morgan fingerprint density at radius 2 is 0.772 bits per heavy atom. The van der Waals surface area contributed by atoms with E-state index in [-0.39, 0.29) is 32.1 Å². The van der Waals surface area contributed by atoms with Crippen molar-refractivity contribution in [3.63, 3.8) is 0 Å². The average molecular weight is 1210 g/mol. The fourth-order valence-electron chi connectivity index (χ4n) is 17.1. The molecule has 2 spiro atoms. The molecule has 0 N–H and O–H groups in total. The highest BCUT2D eigenvalue weighted by Crippen LogP contribution is 2.59. The lowest BCUT2D eigenvalue weighted by atomic mass is 9.64. The molecule has 2 saturated carbocycles. The van der Waals surface area contributed by atoms with Crippen LogP contribution in [-0.2, 0) is 47.3 Å². The zero-order chi connectivity index (χ0) is 63.8. The number of non-ortho nitro benzene ring substituents is 2. The summed E-state index contributed by atoms with van der Waals surface area (Å²) < 4.78 is 0. The summed E-state index contributed by atoms with van der Waals surface area (Å²) >= 11 is 0. The van der Waals surface area contributed by atoms with Crippen LogP contribution in [0.15, 0.2) is 266 Å². The Labute approximate surface area is 542 Å². The van der Waals surface area contributed by atoms with E-state index in [9.17, 15) is 20.2 Å². The van der Waals surface area contributed by atoms with Crippen LogP contribution in [0.25, 0.3) is 21.5 Å². The molecule has 0 bridgehead atoms. The molecule has 2 fully saturated rings. The standard InChI is InChI=1S/C84H82N4O4/c1-59-23-9-15-31-73(59)83(57-65-39-45-69(46-40-65)87(89)90,61(3)25-21-33-77-81(51-17-7-18-52-81)79-71-29-13-11-27-67(71)43-49-75(79)85(77)5)55-63-35-37-64(38-36-63)56-84(74-32-16-10-24-60(74)2,58-66-41-47-70(48-42-66)88(91)92)62(4)26-22-34-78-82(53-19-8-20-54-82)80-72-30-14-12-28-68(72)44-50-76(80)86(78)6/h9-16,21-50H,3-4,7-8,17-20,51-58H2,1-2,5-6H3/b25-21+,26-22+,77-33+,78-34+. The van der Waals surface area contributed by atoms with Crippen molar-refractivity contribution >= 4 is 44.3 Å². The maximum atomic E-state index is 12.1. The molecule has 462 valence electrons. The molecule has 2 aliphatic carbocycles. The van der Waals surface area contributed by atoms with Crippen molar-refractivity contribution in [3.8, 4) is 0 Å². The van der Waals surface area contributed by atoms with E-state index in [0.29, 0.717) is 25.7 Å². The van der Waals surface area contributed by atoms with Crippen LogP contribution in [0.1, 0.15) is 120 Å². The van der Waals surface area contributed by atoms with Crippen LogP contribution >= 0.6 is 0 Å². The lowest BCUT2D eigenvalue weighted by molar-refractivity contribution is -0.385. The number of aryl methyl sites for hydroxylation is 2. The van der Waals surface area contributed by atoms with Gasteiger partial charge >= 0.3 is 0 Å². The van der Waals surface area contributed by atoms with E-state index in [1.54, 1.807) is 24.3 Å². The normalized spacial score (nSPS) is 18.0. The highest BCUT2D eigenvalue weighted by Gasteiger charge is 2.49. The first-order valence-corrected chi connectivity index (χ1v) is 33.0. The molecule has 0 aromatic heterocycles. The fraction of sp³-hybridized carbons (Fsp3) is 0.262. The monoisotopic (exact) mass is 1210 g/mol. The molecule has 9 aromatic rings. The van der Waals surface area contributed by atoms with Gasteiger partial charge in [-0.05, 0) is 178 Å². The minimum atomic E-state index is -0.687. The van der Waals surface area contributed by atoms with E-state index in [4.69, 9.17) is 13.2 Å². The number of hydrogen-bond donors (Lipinski definition) is 0. The Morgan fingerprint density at radius 3 is 1.12 bits per heavy atom. The molecule has 4 aliphatic rings. The second-order valence-corrected chi connectivity index (χ2v) is 26.8. The molecular weight excluding hydrogens is 1130 g/mol. The number of nitro groups is 2. The number of benzene rings is 9. The molecule has 0 amide bonds. The van der Waals surface area contributed by atoms with Crippen molar-refractivity contribution in [3.05, 3.63) is 342 Å². The first-order valence-electron chi connectivity index (χ1n) is 33.0. The number of nitro benzene ring substituents is 2. The van der Waals surface area contributed by atoms with Crippen LogP contribution in [0.4, 0.5) is 22.7 Å². The molecule has 92 heavy (non-hydrogen) atoms. The summed E-state index contributed by atoms with van der Waals surface area (Å²) in [5.74, 6) is 0. The summed E-state index contributed by atoms with van der Waals surface area (Å²) in [5, 5.41) is 29.3. The van der Waals surface area contributed by atoms with Crippen molar-refractivity contribution in [2.45, 2.75) is 125 Å². The van der Waals surface area contributed by atoms with Gasteiger partial charge in [-0.2, -0.15) is 0 Å². The van der Waals surface area contributed by atoms with Gasteiger partial charge in [0.05, 0.1) is 9.85 Å². The third kappa shape index (κ3) is 11.0. The Kier molecular flexibility index (Phi) is 16.8. The van der Waals surface area contributed by atoms with Crippen molar-refractivity contribution in [2.24, 2.45) is 0 Å². The number of allylic oxidation sites excluding steroid dienone is 10. The Balaban J connectivity index is 0.892. The molecule has 8 heteroatoms. The maximum Gasteiger partial charge on any atom is 0.269 e. The molecule has 8 nitrogen and oxygen atoms in total. The van der Waals surface area contributed by atoms with Gasteiger partial charge < -0.3 is 9.80 Å². The van der Waals surface area contributed by atoms with Gasteiger partial charge in [0.1, 0.15) is 0 Å². The Morgan fingerprint density at radius 1 is 0.446 bits per heavy atom. The topological polar surface area (TPSA) is 92.8 Å². The van der Waals surface area contributed by atoms with Crippen molar-refractivity contribution in [1.82, 2.24) is 0 Å². The predicted molar refractivity (Wildman–Crippen MR) is 380 cm³/mol. The third-order valence-electron chi connectivity index (χ3n) is 21.6. The van der Waals surface area contributed by atoms with E-state index < -0.39 is 10.8 Å². The number of likely N-dealkylation sites (N-methyl/N-ethyl adjacent to an activating group) is 2. The summed E-state index contributed by atoms with van der Waals surface area (Å²) in [7, 11) is 4.46. The molecule has 9 aromatic carbocycles. The van der Waals surface area contributed by atoms with Crippen molar-refractivity contribution in [1.29, 1.82) is 0 Å². The number of fused-ring (bicyclic) bond motifs is 8. The lowest BCUT2D eigenvalue weighted by Gasteiger charge is -2.38. The highest BCUT2D eigenvalue weighted by atomic mass is 16.6. The van der Waals surface area contributed by atoms with Gasteiger partial charge in [-0.25, -0.2) is 0 Å².